The van der Waals surface area contributed by atoms with Crippen LogP contribution < -0.4 is 10.1 Å². The number of carbonyl (C=O) groups is 1. The predicted molar refractivity (Wildman–Crippen MR) is 88.7 cm³/mol. The van der Waals surface area contributed by atoms with Crippen LogP contribution in [0, 0.1) is 0 Å². The second-order valence-corrected chi connectivity index (χ2v) is 5.83. The van der Waals surface area contributed by atoms with Crippen LogP contribution in [0.25, 0.3) is 0 Å². The van der Waals surface area contributed by atoms with Crippen molar-refractivity contribution < 1.29 is 9.53 Å². The summed E-state index contributed by atoms with van der Waals surface area (Å²) in [7, 11) is 0. The van der Waals surface area contributed by atoms with E-state index in [9.17, 15) is 4.79 Å². The molecule has 1 N–H and O–H groups in total. The van der Waals surface area contributed by atoms with Crippen molar-refractivity contribution >= 4 is 27.5 Å². The number of halogens is 1. The zero-order valence-corrected chi connectivity index (χ0v) is 13.7. The van der Waals surface area contributed by atoms with Gasteiger partial charge in [-0.3, -0.25) is 4.79 Å². The Kier molecular flexibility index (Phi) is 5.39. The molecule has 0 atom stereocenters. The van der Waals surface area contributed by atoms with Gasteiger partial charge in [0.1, 0.15) is 5.75 Å². The lowest BCUT2D eigenvalue weighted by Gasteiger charge is -2.15. The Labute approximate surface area is 133 Å². The number of para-hydroxylation sites is 2. The van der Waals surface area contributed by atoms with E-state index in [4.69, 9.17) is 4.74 Å². The number of nitrogens with one attached hydrogen (secondary N) is 1. The third kappa shape index (κ3) is 4.60. The molecule has 21 heavy (non-hydrogen) atoms. The maximum absolute atomic E-state index is 12.2. The maximum Gasteiger partial charge on any atom is 0.228 e. The average Bonchev–Trinajstić information content (AvgIpc) is 2.43. The van der Waals surface area contributed by atoms with E-state index < -0.39 is 0 Å². The number of benzene rings is 2. The van der Waals surface area contributed by atoms with Crippen LogP contribution in [0.15, 0.2) is 53.0 Å². The minimum atomic E-state index is -0.0679. The molecule has 1 amide bonds. The molecule has 0 saturated carbocycles. The minimum Gasteiger partial charge on any atom is -0.489 e. The second-order valence-electron chi connectivity index (χ2n) is 4.98. The highest BCUT2D eigenvalue weighted by Gasteiger charge is 2.10. The van der Waals surface area contributed by atoms with Crippen molar-refractivity contribution in [2.75, 3.05) is 5.32 Å². The van der Waals surface area contributed by atoms with Crippen molar-refractivity contribution in [3.05, 3.63) is 58.6 Å². The Morgan fingerprint density at radius 3 is 2.52 bits per heavy atom. The fraction of sp³-hybridized carbons (Fsp3) is 0.235. The zero-order chi connectivity index (χ0) is 15.2. The van der Waals surface area contributed by atoms with Crippen molar-refractivity contribution in [3.63, 3.8) is 0 Å². The van der Waals surface area contributed by atoms with Crippen molar-refractivity contribution in [1.29, 1.82) is 0 Å². The molecule has 0 aromatic heterocycles. The van der Waals surface area contributed by atoms with Gasteiger partial charge in [-0.2, -0.15) is 0 Å². The third-order valence-corrected chi connectivity index (χ3v) is 3.61. The van der Waals surface area contributed by atoms with E-state index in [1.54, 1.807) is 0 Å². The predicted octanol–water partition coefficient (Wildman–Crippen LogP) is 4.42. The van der Waals surface area contributed by atoms with E-state index in [2.05, 4.69) is 21.2 Å². The van der Waals surface area contributed by atoms with Crippen LogP contribution in [0.2, 0.25) is 0 Å². The van der Waals surface area contributed by atoms with E-state index in [1.165, 1.54) is 0 Å². The molecule has 0 aliphatic carbocycles. The molecule has 0 spiro atoms. The summed E-state index contributed by atoms with van der Waals surface area (Å²) in [6.45, 7) is 3.92. The standard InChI is InChI=1S/C17H18BrNO2/c1-12(2)21-16-10-6-5-9-15(16)19-17(20)11-13-7-3-4-8-14(13)18/h3-10,12H,11H2,1-2H3,(H,19,20). The first kappa shape index (κ1) is 15.6. The Morgan fingerprint density at radius 2 is 1.81 bits per heavy atom. The molecular formula is C17H18BrNO2. The lowest BCUT2D eigenvalue weighted by Crippen LogP contribution is -2.16. The first-order valence-corrected chi connectivity index (χ1v) is 7.64. The number of rotatable bonds is 5. The number of hydrogen-bond donors (Lipinski definition) is 1. The molecule has 110 valence electrons. The van der Waals surface area contributed by atoms with Crippen molar-refractivity contribution in [2.45, 2.75) is 26.4 Å². The van der Waals surface area contributed by atoms with Gasteiger partial charge >= 0.3 is 0 Å². The van der Waals surface area contributed by atoms with Crippen molar-refractivity contribution in [2.24, 2.45) is 0 Å². The van der Waals surface area contributed by atoms with Gasteiger partial charge in [-0.25, -0.2) is 0 Å². The Balaban J connectivity index is 2.08. The number of hydrogen-bond acceptors (Lipinski definition) is 2. The van der Waals surface area contributed by atoms with Crippen molar-refractivity contribution in [3.8, 4) is 5.75 Å². The zero-order valence-electron chi connectivity index (χ0n) is 12.1. The Morgan fingerprint density at radius 1 is 1.14 bits per heavy atom. The molecule has 2 rings (SSSR count). The van der Waals surface area contributed by atoms with Gasteiger partial charge in [-0.05, 0) is 37.6 Å². The molecule has 0 fully saturated rings. The molecule has 0 heterocycles. The van der Waals surface area contributed by atoms with Gasteiger partial charge in [-0.1, -0.05) is 46.3 Å². The number of anilines is 1. The van der Waals surface area contributed by atoms with E-state index >= 15 is 0 Å². The van der Waals surface area contributed by atoms with Gasteiger partial charge in [0, 0.05) is 4.47 Å². The third-order valence-electron chi connectivity index (χ3n) is 2.83. The summed E-state index contributed by atoms with van der Waals surface area (Å²) in [5.41, 5.74) is 1.65. The van der Waals surface area contributed by atoms with Gasteiger partial charge in [-0.15, -0.1) is 0 Å². The summed E-state index contributed by atoms with van der Waals surface area (Å²) in [5, 5.41) is 2.91. The fourth-order valence-electron chi connectivity index (χ4n) is 1.94. The number of amides is 1. The van der Waals surface area contributed by atoms with E-state index in [1.807, 2.05) is 62.4 Å². The molecule has 2 aromatic rings. The molecule has 2 aromatic carbocycles. The fourth-order valence-corrected chi connectivity index (χ4v) is 2.36. The number of carbonyl (C=O) groups excluding carboxylic acids is 1. The average molecular weight is 348 g/mol. The monoisotopic (exact) mass is 347 g/mol. The summed E-state index contributed by atoms with van der Waals surface area (Å²) in [4.78, 5) is 12.2. The maximum atomic E-state index is 12.2. The first-order valence-electron chi connectivity index (χ1n) is 6.85. The Hall–Kier alpha value is -1.81. The molecule has 0 radical (unpaired) electrons. The summed E-state index contributed by atoms with van der Waals surface area (Å²) in [6, 6.07) is 15.2. The molecular weight excluding hydrogens is 330 g/mol. The topological polar surface area (TPSA) is 38.3 Å². The van der Waals surface area contributed by atoms with E-state index in [0.717, 1.165) is 10.0 Å². The highest BCUT2D eigenvalue weighted by molar-refractivity contribution is 9.10. The van der Waals surface area contributed by atoms with Crippen LogP contribution in [0.5, 0.6) is 5.75 Å². The highest BCUT2D eigenvalue weighted by Crippen LogP contribution is 2.25. The normalized spacial score (nSPS) is 10.5. The van der Waals surface area contributed by atoms with Gasteiger partial charge in [0.15, 0.2) is 0 Å². The summed E-state index contributed by atoms with van der Waals surface area (Å²) in [5.74, 6) is 0.620. The van der Waals surface area contributed by atoms with Gasteiger partial charge in [0.2, 0.25) is 5.91 Å². The van der Waals surface area contributed by atoms with Crippen molar-refractivity contribution in [1.82, 2.24) is 0 Å². The molecule has 0 aliphatic rings. The highest BCUT2D eigenvalue weighted by atomic mass is 79.9. The van der Waals surface area contributed by atoms with E-state index in [0.29, 0.717) is 17.9 Å². The smallest absolute Gasteiger partial charge is 0.228 e. The minimum absolute atomic E-state index is 0.0614. The van der Waals surface area contributed by atoms with Crippen LogP contribution in [-0.2, 0) is 11.2 Å². The van der Waals surface area contributed by atoms with Gasteiger partial charge in [0.25, 0.3) is 0 Å². The second kappa shape index (κ2) is 7.27. The summed E-state index contributed by atoms with van der Waals surface area (Å²) >= 11 is 3.45. The number of ether oxygens (including phenoxy) is 1. The van der Waals surface area contributed by atoms with Crippen LogP contribution in [0.3, 0.4) is 0 Å². The Bertz CT molecular complexity index is 626. The molecule has 0 saturated heterocycles. The molecule has 0 unspecified atom stereocenters. The van der Waals surface area contributed by atoms with Gasteiger partial charge in [0.05, 0.1) is 18.2 Å². The largest absolute Gasteiger partial charge is 0.489 e. The molecule has 4 heteroatoms. The lowest BCUT2D eigenvalue weighted by atomic mass is 10.1. The lowest BCUT2D eigenvalue weighted by molar-refractivity contribution is -0.115. The van der Waals surface area contributed by atoms with Gasteiger partial charge < -0.3 is 10.1 Å². The molecule has 3 nitrogen and oxygen atoms in total. The molecule has 0 bridgehead atoms. The summed E-state index contributed by atoms with van der Waals surface area (Å²) in [6.07, 6.45) is 0.378. The molecule has 0 aliphatic heterocycles. The SMILES string of the molecule is CC(C)Oc1ccccc1NC(=O)Cc1ccccc1Br. The first-order chi connectivity index (χ1) is 10.1. The van der Waals surface area contributed by atoms with Crippen LogP contribution in [0.4, 0.5) is 5.69 Å². The van der Waals surface area contributed by atoms with Crippen LogP contribution in [0.1, 0.15) is 19.4 Å². The van der Waals surface area contributed by atoms with E-state index in [-0.39, 0.29) is 12.0 Å². The van der Waals surface area contributed by atoms with Crippen LogP contribution in [-0.4, -0.2) is 12.0 Å². The summed E-state index contributed by atoms with van der Waals surface area (Å²) < 4.78 is 6.63. The van der Waals surface area contributed by atoms with Crippen LogP contribution >= 0.6 is 15.9 Å². The quantitative estimate of drug-likeness (QED) is 0.869.